The van der Waals surface area contributed by atoms with E-state index in [1.54, 1.807) is 22.0 Å². The van der Waals surface area contributed by atoms with E-state index in [9.17, 15) is 9.59 Å². The predicted molar refractivity (Wildman–Crippen MR) is 127 cm³/mol. The zero-order chi connectivity index (χ0) is 21.8. The van der Waals surface area contributed by atoms with Gasteiger partial charge in [0.15, 0.2) is 5.16 Å². The Bertz CT molecular complexity index is 1170. The Hall–Kier alpha value is -2.58. The summed E-state index contributed by atoms with van der Waals surface area (Å²) in [4.78, 5) is 32.7. The second kappa shape index (κ2) is 9.70. The lowest BCUT2D eigenvalue weighted by Gasteiger charge is -2.14. The van der Waals surface area contributed by atoms with Gasteiger partial charge in [-0.05, 0) is 62.4 Å². The van der Waals surface area contributed by atoms with E-state index in [0.29, 0.717) is 24.0 Å². The zero-order valence-electron chi connectivity index (χ0n) is 17.5. The highest BCUT2D eigenvalue weighted by molar-refractivity contribution is 7.99. The van der Waals surface area contributed by atoms with E-state index in [2.05, 4.69) is 11.9 Å². The molecule has 0 unspecified atom stereocenters. The molecule has 0 spiro atoms. The van der Waals surface area contributed by atoms with Crippen molar-refractivity contribution in [2.75, 3.05) is 18.9 Å². The van der Waals surface area contributed by atoms with Gasteiger partial charge in [-0.25, -0.2) is 4.98 Å². The van der Waals surface area contributed by atoms with Gasteiger partial charge in [-0.3, -0.25) is 14.2 Å². The third-order valence-electron chi connectivity index (χ3n) is 5.14. The van der Waals surface area contributed by atoms with Gasteiger partial charge in [-0.15, -0.1) is 17.9 Å². The van der Waals surface area contributed by atoms with Gasteiger partial charge < -0.3 is 10.1 Å². The summed E-state index contributed by atoms with van der Waals surface area (Å²) < 4.78 is 7.17. The Morgan fingerprint density at radius 1 is 1.32 bits per heavy atom. The molecule has 0 fully saturated rings. The van der Waals surface area contributed by atoms with Crippen molar-refractivity contribution in [2.45, 2.75) is 37.8 Å². The predicted octanol–water partition coefficient (Wildman–Crippen LogP) is 4.12. The first-order chi connectivity index (χ1) is 15.1. The molecule has 4 rings (SSSR count). The second-order valence-electron chi connectivity index (χ2n) is 7.23. The minimum atomic E-state index is -0.122. The molecule has 2 heterocycles. The van der Waals surface area contributed by atoms with Crippen molar-refractivity contribution in [3.63, 3.8) is 0 Å². The van der Waals surface area contributed by atoms with Crippen molar-refractivity contribution in [3.8, 4) is 11.4 Å². The molecule has 1 aliphatic rings. The van der Waals surface area contributed by atoms with Gasteiger partial charge in [0.25, 0.3) is 5.56 Å². The molecule has 0 radical (unpaired) electrons. The van der Waals surface area contributed by atoms with E-state index < -0.39 is 0 Å². The number of aryl methyl sites for hydroxylation is 2. The highest BCUT2D eigenvalue weighted by atomic mass is 32.2. The minimum Gasteiger partial charge on any atom is -0.494 e. The molecule has 1 amide bonds. The first-order valence-electron chi connectivity index (χ1n) is 10.4. The summed E-state index contributed by atoms with van der Waals surface area (Å²) in [5.41, 5.74) is 1.80. The van der Waals surface area contributed by atoms with Crippen LogP contribution in [0.25, 0.3) is 15.9 Å². The number of nitrogens with one attached hydrogen (secondary N) is 1. The Balaban J connectivity index is 1.79. The summed E-state index contributed by atoms with van der Waals surface area (Å²) in [5, 5.41) is 4.02. The summed E-state index contributed by atoms with van der Waals surface area (Å²) in [6, 6.07) is 7.43. The van der Waals surface area contributed by atoms with Crippen molar-refractivity contribution in [3.05, 3.63) is 57.7 Å². The van der Waals surface area contributed by atoms with E-state index >= 15 is 0 Å². The topological polar surface area (TPSA) is 73.2 Å². The van der Waals surface area contributed by atoms with Crippen LogP contribution in [0.5, 0.6) is 5.75 Å². The van der Waals surface area contributed by atoms with Crippen LogP contribution >= 0.6 is 23.1 Å². The van der Waals surface area contributed by atoms with Gasteiger partial charge in [0, 0.05) is 11.4 Å². The first-order valence-corrected chi connectivity index (χ1v) is 12.2. The van der Waals surface area contributed by atoms with Crippen LogP contribution in [-0.4, -0.2) is 34.4 Å². The lowest BCUT2D eigenvalue weighted by atomic mass is 9.97. The second-order valence-corrected chi connectivity index (χ2v) is 9.26. The minimum absolute atomic E-state index is 0.0671. The summed E-state index contributed by atoms with van der Waals surface area (Å²) in [6.07, 6.45) is 5.81. The van der Waals surface area contributed by atoms with Gasteiger partial charge in [0.1, 0.15) is 10.6 Å². The molecule has 6 nitrogen and oxygen atoms in total. The lowest BCUT2D eigenvalue weighted by Crippen LogP contribution is -2.26. The van der Waals surface area contributed by atoms with E-state index in [4.69, 9.17) is 9.72 Å². The van der Waals surface area contributed by atoms with Crippen molar-refractivity contribution in [1.82, 2.24) is 14.9 Å². The molecular weight excluding hydrogens is 430 g/mol. The number of nitrogens with zero attached hydrogens (tertiary/aromatic N) is 2. The van der Waals surface area contributed by atoms with Crippen LogP contribution in [0.15, 0.2) is 46.9 Å². The number of rotatable bonds is 8. The quantitative estimate of drug-likeness (QED) is 0.314. The maximum atomic E-state index is 13.7. The molecule has 0 saturated carbocycles. The van der Waals surface area contributed by atoms with E-state index in [1.165, 1.54) is 16.6 Å². The molecule has 2 aromatic heterocycles. The maximum absolute atomic E-state index is 13.7. The molecule has 0 atom stereocenters. The standard InChI is InChI=1S/C23H25N3O3S2/c1-3-13-24-19(27)14-30-23-25-21-20(17-7-5-6-8-18(17)31-21)22(28)26(23)15-9-11-16(12-10-15)29-4-2/h3,9-12H,1,4-8,13-14H2,2H3,(H,24,27). The van der Waals surface area contributed by atoms with Gasteiger partial charge in [-0.1, -0.05) is 17.8 Å². The van der Waals surface area contributed by atoms with Gasteiger partial charge >= 0.3 is 0 Å². The number of hydrogen-bond acceptors (Lipinski definition) is 6. The van der Waals surface area contributed by atoms with Crippen molar-refractivity contribution in [1.29, 1.82) is 0 Å². The smallest absolute Gasteiger partial charge is 0.267 e. The van der Waals surface area contributed by atoms with Crippen molar-refractivity contribution < 1.29 is 9.53 Å². The SMILES string of the molecule is C=CCNC(=O)CSc1nc2sc3c(c2c(=O)n1-c1ccc(OCC)cc1)CCCC3. The average molecular weight is 456 g/mol. The first kappa shape index (κ1) is 21.6. The number of thioether (sulfide) groups is 1. The Labute approximate surface area is 189 Å². The molecule has 0 bridgehead atoms. The summed E-state index contributed by atoms with van der Waals surface area (Å²) in [7, 11) is 0. The maximum Gasteiger partial charge on any atom is 0.267 e. The monoisotopic (exact) mass is 455 g/mol. The van der Waals surface area contributed by atoms with Crippen LogP contribution in [0.4, 0.5) is 0 Å². The largest absolute Gasteiger partial charge is 0.494 e. The molecule has 0 saturated heterocycles. The van der Waals surface area contributed by atoms with Crippen LogP contribution in [-0.2, 0) is 17.6 Å². The Kier molecular flexibility index (Phi) is 6.77. The fourth-order valence-corrected chi connectivity index (χ4v) is 5.88. The van der Waals surface area contributed by atoms with E-state index in [-0.39, 0.29) is 17.2 Å². The molecule has 3 aromatic rings. The number of thiophene rings is 1. The number of ether oxygens (including phenoxy) is 1. The van der Waals surface area contributed by atoms with Crippen LogP contribution in [0, 0.1) is 0 Å². The van der Waals surface area contributed by atoms with E-state index in [1.807, 2.05) is 31.2 Å². The normalized spacial score (nSPS) is 13.1. The molecule has 1 aromatic carbocycles. The summed E-state index contributed by atoms with van der Waals surface area (Å²) >= 11 is 2.89. The number of carbonyl (C=O) groups is 1. The van der Waals surface area contributed by atoms with Crippen LogP contribution in [0.3, 0.4) is 0 Å². The molecule has 1 N–H and O–H groups in total. The molecular formula is C23H25N3O3S2. The number of benzene rings is 1. The number of fused-ring (bicyclic) bond motifs is 3. The third-order valence-corrected chi connectivity index (χ3v) is 7.26. The fraction of sp³-hybridized carbons (Fsp3) is 0.348. The van der Waals surface area contributed by atoms with E-state index in [0.717, 1.165) is 47.2 Å². The van der Waals surface area contributed by atoms with Crippen LogP contribution in [0.2, 0.25) is 0 Å². The Morgan fingerprint density at radius 3 is 2.84 bits per heavy atom. The number of hydrogen-bond donors (Lipinski definition) is 1. The molecule has 0 aliphatic heterocycles. The van der Waals surface area contributed by atoms with Crippen LogP contribution < -0.4 is 15.6 Å². The number of aromatic nitrogens is 2. The number of amides is 1. The fourth-order valence-electron chi connectivity index (χ4n) is 3.74. The van der Waals surface area contributed by atoms with Crippen LogP contribution in [0.1, 0.15) is 30.2 Å². The summed E-state index contributed by atoms with van der Waals surface area (Å²) in [5.74, 6) is 0.802. The van der Waals surface area contributed by atoms with Gasteiger partial charge in [0.2, 0.25) is 5.91 Å². The molecule has 162 valence electrons. The van der Waals surface area contributed by atoms with Gasteiger partial charge in [0.05, 0.1) is 23.4 Å². The third kappa shape index (κ3) is 4.55. The van der Waals surface area contributed by atoms with Crippen molar-refractivity contribution in [2.24, 2.45) is 0 Å². The van der Waals surface area contributed by atoms with Gasteiger partial charge in [-0.2, -0.15) is 0 Å². The van der Waals surface area contributed by atoms with Crippen molar-refractivity contribution >= 4 is 39.2 Å². The number of carbonyl (C=O) groups excluding carboxylic acids is 1. The highest BCUT2D eigenvalue weighted by Crippen LogP contribution is 2.35. The molecule has 31 heavy (non-hydrogen) atoms. The highest BCUT2D eigenvalue weighted by Gasteiger charge is 2.23. The summed E-state index contributed by atoms with van der Waals surface area (Å²) in [6.45, 7) is 6.54. The zero-order valence-corrected chi connectivity index (χ0v) is 19.1. The lowest BCUT2D eigenvalue weighted by molar-refractivity contribution is -0.118. The average Bonchev–Trinajstić information content (AvgIpc) is 3.16. The molecule has 8 heteroatoms. The Morgan fingerprint density at radius 2 is 2.10 bits per heavy atom. The molecule has 1 aliphatic carbocycles.